The van der Waals surface area contributed by atoms with Crippen molar-refractivity contribution in [3.8, 4) is 11.1 Å². The third-order valence-corrected chi connectivity index (χ3v) is 5.75. The fourth-order valence-electron chi connectivity index (χ4n) is 4.44. The summed E-state index contributed by atoms with van der Waals surface area (Å²) in [5.41, 5.74) is 4.47. The monoisotopic (exact) mass is 482 g/mol. The van der Waals surface area contributed by atoms with Crippen LogP contribution < -0.4 is 10.6 Å². The fourth-order valence-corrected chi connectivity index (χ4v) is 4.44. The van der Waals surface area contributed by atoms with E-state index < -0.39 is 24.7 Å². The van der Waals surface area contributed by atoms with Crippen molar-refractivity contribution in [1.29, 1.82) is 0 Å². The molecule has 1 unspecified atom stereocenters. The van der Waals surface area contributed by atoms with Crippen LogP contribution in [-0.2, 0) is 19.1 Å². The first-order valence-electron chi connectivity index (χ1n) is 11.8. The van der Waals surface area contributed by atoms with Crippen molar-refractivity contribution in [2.24, 2.45) is 5.41 Å². The number of carboxylic acids is 1. The van der Waals surface area contributed by atoms with Gasteiger partial charge in [-0.3, -0.25) is 4.79 Å². The summed E-state index contributed by atoms with van der Waals surface area (Å²) >= 11 is 0. The number of alkyl carbamates (subject to hydrolysis) is 1. The standard InChI is InChI=1S/C27H34N2O6/c1-27(2,3)15-18(14-24(30)28-12-13-34-17-25(31)32)29-26(33)35-16-23-21-10-6-4-8-19(21)20-9-5-7-11-22(20)23/h4-11,18,23H,12-17H2,1-3H3,(H,28,30)(H,29,33)(H,31,32). The van der Waals surface area contributed by atoms with E-state index in [-0.39, 0.29) is 43.4 Å². The third kappa shape index (κ3) is 7.82. The van der Waals surface area contributed by atoms with Gasteiger partial charge in [-0.15, -0.1) is 0 Å². The Balaban J connectivity index is 1.55. The van der Waals surface area contributed by atoms with E-state index in [0.29, 0.717) is 6.42 Å². The third-order valence-electron chi connectivity index (χ3n) is 5.75. The fraction of sp³-hybridized carbons (Fsp3) is 0.444. The highest BCUT2D eigenvalue weighted by Crippen LogP contribution is 2.44. The van der Waals surface area contributed by atoms with Crippen LogP contribution >= 0.6 is 0 Å². The van der Waals surface area contributed by atoms with Crippen molar-refractivity contribution < 1.29 is 29.0 Å². The Hall–Kier alpha value is -3.39. The predicted octanol–water partition coefficient (Wildman–Crippen LogP) is 3.94. The SMILES string of the molecule is CC(C)(C)CC(CC(=O)NCCOCC(=O)O)NC(=O)OCC1c2ccccc2-c2ccccc21. The maximum absolute atomic E-state index is 12.7. The van der Waals surface area contributed by atoms with E-state index in [1.807, 2.05) is 45.0 Å². The van der Waals surface area contributed by atoms with E-state index in [4.69, 9.17) is 14.6 Å². The Kier molecular flexibility index (Phi) is 8.87. The molecule has 0 saturated heterocycles. The molecule has 0 aromatic heterocycles. The summed E-state index contributed by atoms with van der Waals surface area (Å²) in [6.45, 7) is 6.20. The van der Waals surface area contributed by atoms with Gasteiger partial charge in [0.15, 0.2) is 0 Å². The van der Waals surface area contributed by atoms with Gasteiger partial charge >= 0.3 is 12.1 Å². The minimum absolute atomic E-state index is 0.0386. The molecule has 3 N–H and O–H groups in total. The van der Waals surface area contributed by atoms with E-state index in [2.05, 4.69) is 34.9 Å². The van der Waals surface area contributed by atoms with Gasteiger partial charge in [0, 0.05) is 24.9 Å². The number of carbonyl (C=O) groups excluding carboxylic acids is 2. The summed E-state index contributed by atoms with van der Waals surface area (Å²) in [6.07, 6.45) is 0.110. The highest BCUT2D eigenvalue weighted by atomic mass is 16.5. The quantitative estimate of drug-likeness (QED) is 0.418. The normalized spacial score (nSPS) is 13.5. The lowest BCUT2D eigenvalue weighted by Crippen LogP contribution is -2.42. The zero-order valence-corrected chi connectivity index (χ0v) is 20.5. The number of aliphatic carboxylic acids is 1. The molecule has 0 spiro atoms. The number of carboxylic acid groups (broad SMARTS) is 1. The highest BCUT2D eigenvalue weighted by molar-refractivity contribution is 5.79. The van der Waals surface area contributed by atoms with Gasteiger partial charge < -0.3 is 25.2 Å². The molecule has 8 nitrogen and oxygen atoms in total. The largest absolute Gasteiger partial charge is 0.480 e. The number of hydrogen-bond donors (Lipinski definition) is 3. The Morgan fingerprint density at radius 2 is 1.60 bits per heavy atom. The van der Waals surface area contributed by atoms with E-state index in [9.17, 15) is 14.4 Å². The van der Waals surface area contributed by atoms with E-state index in [1.54, 1.807) is 0 Å². The smallest absolute Gasteiger partial charge is 0.407 e. The van der Waals surface area contributed by atoms with Gasteiger partial charge in [0.1, 0.15) is 13.2 Å². The minimum atomic E-state index is -1.06. The zero-order valence-electron chi connectivity index (χ0n) is 20.5. The molecule has 1 atom stereocenters. The van der Waals surface area contributed by atoms with Crippen LogP contribution in [0.25, 0.3) is 11.1 Å². The van der Waals surface area contributed by atoms with Crippen LogP contribution in [0.1, 0.15) is 50.7 Å². The molecule has 8 heteroatoms. The highest BCUT2D eigenvalue weighted by Gasteiger charge is 2.30. The molecule has 3 rings (SSSR count). The second-order valence-corrected chi connectivity index (χ2v) is 9.93. The summed E-state index contributed by atoms with van der Waals surface area (Å²) in [5, 5.41) is 14.1. The van der Waals surface area contributed by atoms with Gasteiger partial charge in [-0.05, 0) is 34.1 Å². The summed E-state index contributed by atoms with van der Waals surface area (Å²) in [5.74, 6) is -1.35. The molecule has 1 aliphatic carbocycles. The molecule has 0 bridgehead atoms. The molecule has 1 aliphatic rings. The number of rotatable bonds is 11. The summed E-state index contributed by atoms with van der Waals surface area (Å²) in [6, 6.07) is 15.9. The first-order chi connectivity index (χ1) is 16.6. The van der Waals surface area contributed by atoms with Crippen LogP contribution in [0, 0.1) is 5.41 Å². The first kappa shape index (κ1) is 26.2. The second kappa shape index (κ2) is 11.8. The summed E-state index contributed by atoms with van der Waals surface area (Å²) in [7, 11) is 0. The molecule has 0 aliphatic heterocycles. The molecule has 2 aromatic carbocycles. The maximum atomic E-state index is 12.7. The van der Waals surface area contributed by atoms with Gasteiger partial charge in [0.05, 0.1) is 6.61 Å². The lowest BCUT2D eigenvalue weighted by Gasteiger charge is -2.26. The number of amides is 2. The number of ether oxygens (including phenoxy) is 2. The molecule has 2 amide bonds. The minimum Gasteiger partial charge on any atom is -0.480 e. The lowest BCUT2D eigenvalue weighted by atomic mass is 9.87. The van der Waals surface area contributed by atoms with E-state index >= 15 is 0 Å². The summed E-state index contributed by atoms with van der Waals surface area (Å²) < 4.78 is 10.6. The Labute approximate surface area is 206 Å². The second-order valence-electron chi connectivity index (χ2n) is 9.93. The Morgan fingerprint density at radius 3 is 2.17 bits per heavy atom. The average molecular weight is 483 g/mol. The van der Waals surface area contributed by atoms with Crippen LogP contribution in [0.5, 0.6) is 0 Å². The molecule has 35 heavy (non-hydrogen) atoms. The molecule has 0 heterocycles. The van der Waals surface area contributed by atoms with Crippen LogP contribution in [-0.4, -0.2) is 55.5 Å². The van der Waals surface area contributed by atoms with Crippen LogP contribution in [0.15, 0.2) is 48.5 Å². The maximum Gasteiger partial charge on any atom is 0.407 e. The van der Waals surface area contributed by atoms with Crippen molar-refractivity contribution in [3.63, 3.8) is 0 Å². The molecule has 2 aromatic rings. The van der Waals surface area contributed by atoms with Crippen molar-refractivity contribution in [1.82, 2.24) is 10.6 Å². The summed E-state index contributed by atoms with van der Waals surface area (Å²) in [4.78, 5) is 35.6. The molecule has 0 radical (unpaired) electrons. The molecule has 0 saturated carbocycles. The van der Waals surface area contributed by atoms with Gasteiger partial charge in [-0.2, -0.15) is 0 Å². The Morgan fingerprint density at radius 1 is 1.00 bits per heavy atom. The molecule has 188 valence electrons. The number of nitrogens with one attached hydrogen (secondary N) is 2. The average Bonchev–Trinajstić information content (AvgIpc) is 3.10. The van der Waals surface area contributed by atoms with Crippen molar-refractivity contribution >= 4 is 18.0 Å². The van der Waals surface area contributed by atoms with Crippen molar-refractivity contribution in [2.45, 2.75) is 45.6 Å². The number of carbonyl (C=O) groups is 3. The topological polar surface area (TPSA) is 114 Å². The van der Waals surface area contributed by atoms with Gasteiger partial charge in [0.2, 0.25) is 5.91 Å². The number of hydrogen-bond acceptors (Lipinski definition) is 5. The van der Waals surface area contributed by atoms with Gasteiger partial charge in [0.25, 0.3) is 0 Å². The predicted molar refractivity (Wildman–Crippen MR) is 132 cm³/mol. The van der Waals surface area contributed by atoms with E-state index in [1.165, 1.54) is 0 Å². The molecular weight excluding hydrogens is 448 g/mol. The molecular formula is C27H34N2O6. The first-order valence-corrected chi connectivity index (χ1v) is 11.8. The van der Waals surface area contributed by atoms with E-state index in [0.717, 1.165) is 22.3 Å². The van der Waals surface area contributed by atoms with Gasteiger partial charge in [-0.1, -0.05) is 69.3 Å². The van der Waals surface area contributed by atoms with Crippen molar-refractivity contribution in [3.05, 3.63) is 59.7 Å². The number of fused-ring (bicyclic) bond motifs is 3. The zero-order chi connectivity index (χ0) is 25.4. The van der Waals surface area contributed by atoms with Crippen LogP contribution in [0.3, 0.4) is 0 Å². The van der Waals surface area contributed by atoms with Crippen LogP contribution in [0.2, 0.25) is 0 Å². The van der Waals surface area contributed by atoms with Gasteiger partial charge in [-0.25, -0.2) is 9.59 Å². The number of benzene rings is 2. The van der Waals surface area contributed by atoms with Crippen molar-refractivity contribution in [2.75, 3.05) is 26.4 Å². The lowest BCUT2D eigenvalue weighted by molar-refractivity contribution is -0.142. The molecule has 0 fully saturated rings. The van der Waals surface area contributed by atoms with Crippen LogP contribution in [0.4, 0.5) is 4.79 Å². The Bertz CT molecular complexity index is 1000.